The Kier molecular flexibility index (Phi) is 51.5. The molecule has 3 N–H and O–H groups in total. The van der Waals surface area contributed by atoms with E-state index in [4.69, 9.17) is 4.74 Å². The van der Waals surface area contributed by atoms with Crippen molar-refractivity contribution in [1.82, 2.24) is 5.32 Å². The minimum absolute atomic E-state index is 0.0392. The van der Waals surface area contributed by atoms with Crippen molar-refractivity contribution in [3.8, 4) is 0 Å². The van der Waals surface area contributed by atoms with Crippen LogP contribution in [0.5, 0.6) is 0 Å². The number of nitrogens with one attached hydrogen (secondary N) is 1. The van der Waals surface area contributed by atoms with Crippen molar-refractivity contribution in [3.05, 3.63) is 60.8 Å². The highest BCUT2D eigenvalue weighted by Gasteiger charge is 2.24. The molecule has 0 rings (SSSR count). The number of aliphatic hydroxyl groups excluding tert-OH is 2. The highest BCUT2D eigenvalue weighted by atomic mass is 16.5. The lowest BCUT2D eigenvalue weighted by atomic mass is 10.0. The Morgan fingerprint density at radius 1 is 0.455 bits per heavy atom. The number of carbonyl (C=O) groups excluding carboxylic acids is 2. The Morgan fingerprint density at radius 3 is 1.29 bits per heavy atom. The van der Waals surface area contributed by atoms with E-state index < -0.39 is 18.2 Å². The Bertz CT molecular complexity index is 1170. The summed E-state index contributed by atoms with van der Waals surface area (Å²) < 4.78 is 5.93. The summed E-state index contributed by atoms with van der Waals surface area (Å²) in [6, 6.07) is -0.720. The van der Waals surface area contributed by atoms with E-state index in [-0.39, 0.29) is 24.9 Å². The van der Waals surface area contributed by atoms with Crippen molar-refractivity contribution in [2.75, 3.05) is 6.61 Å². The summed E-state index contributed by atoms with van der Waals surface area (Å²) in [7, 11) is 0. The normalized spacial score (nSPS) is 13.6. The van der Waals surface area contributed by atoms with E-state index in [1.165, 1.54) is 161 Å². The van der Waals surface area contributed by atoms with Crippen molar-refractivity contribution in [2.45, 2.75) is 302 Å². The van der Waals surface area contributed by atoms with Crippen LogP contribution in [0.4, 0.5) is 0 Å². The number of aliphatic hydroxyl groups is 2. The summed E-state index contributed by atoms with van der Waals surface area (Å²) in [5, 5.41) is 23.8. The molecule has 6 heteroatoms. The Morgan fingerprint density at radius 2 is 0.833 bits per heavy atom. The fraction of sp³-hybridized carbons (Fsp3) is 0.800. The molecule has 0 aromatic rings. The van der Waals surface area contributed by atoms with E-state index in [2.05, 4.69) is 86.8 Å². The lowest BCUT2D eigenvalue weighted by molar-refractivity contribution is -0.151. The lowest BCUT2D eigenvalue weighted by Gasteiger charge is -2.24. The first-order valence-electron chi connectivity index (χ1n) is 28.5. The molecule has 3 atom stereocenters. The van der Waals surface area contributed by atoms with Crippen molar-refractivity contribution in [1.29, 1.82) is 0 Å². The standard InChI is InChI=1S/C60H109NO5/c1-4-7-10-13-16-19-22-25-28-29-30-31-32-35-38-41-44-47-50-53-60(65)66-56(51-48-45-42-39-36-33-26-23-20-17-14-11-8-5-2)54-59(64)61-57(55-62)58(63)52-49-46-43-40-37-34-27-24-21-18-15-12-9-6-3/h8,11,17,20,25-26,28,33,39,42,56-58,62-63H,4-7,9-10,12-16,18-19,21-24,27,29-32,34-38,40-41,43-55H2,1-3H3,(H,61,64)/b11-8+,20-17+,28-25+,33-26+,42-39+. The molecule has 0 aromatic carbocycles. The highest BCUT2D eigenvalue weighted by molar-refractivity contribution is 5.77. The van der Waals surface area contributed by atoms with Gasteiger partial charge >= 0.3 is 5.97 Å². The minimum atomic E-state index is -0.803. The van der Waals surface area contributed by atoms with Crippen LogP contribution >= 0.6 is 0 Å². The number of hydrogen-bond donors (Lipinski definition) is 3. The van der Waals surface area contributed by atoms with E-state index in [0.29, 0.717) is 19.3 Å². The molecule has 3 unspecified atom stereocenters. The van der Waals surface area contributed by atoms with Crippen molar-refractivity contribution in [3.63, 3.8) is 0 Å². The van der Waals surface area contributed by atoms with Crippen molar-refractivity contribution < 1.29 is 24.5 Å². The molecule has 66 heavy (non-hydrogen) atoms. The van der Waals surface area contributed by atoms with Gasteiger partial charge < -0.3 is 20.3 Å². The van der Waals surface area contributed by atoms with Crippen LogP contribution in [0, 0.1) is 0 Å². The van der Waals surface area contributed by atoms with Gasteiger partial charge in [0.15, 0.2) is 0 Å². The first-order valence-corrected chi connectivity index (χ1v) is 28.5. The van der Waals surface area contributed by atoms with Crippen LogP contribution in [0.3, 0.4) is 0 Å². The molecular weight excluding hydrogens is 815 g/mol. The smallest absolute Gasteiger partial charge is 0.306 e. The van der Waals surface area contributed by atoms with Gasteiger partial charge in [-0.2, -0.15) is 0 Å². The number of carbonyl (C=O) groups is 2. The van der Waals surface area contributed by atoms with Crippen molar-refractivity contribution in [2.24, 2.45) is 0 Å². The number of allylic oxidation sites excluding steroid dienone is 10. The predicted octanol–water partition coefficient (Wildman–Crippen LogP) is 17.6. The van der Waals surface area contributed by atoms with Crippen LogP contribution in [-0.2, 0) is 14.3 Å². The van der Waals surface area contributed by atoms with Gasteiger partial charge in [0.2, 0.25) is 5.91 Å². The third-order valence-corrected chi connectivity index (χ3v) is 12.8. The monoisotopic (exact) mass is 924 g/mol. The molecule has 1 amide bonds. The van der Waals surface area contributed by atoms with Crippen LogP contribution in [0.2, 0.25) is 0 Å². The second-order valence-corrected chi connectivity index (χ2v) is 19.3. The van der Waals surface area contributed by atoms with Gasteiger partial charge in [-0.15, -0.1) is 0 Å². The maximum absolute atomic E-state index is 13.2. The summed E-state index contributed by atoms with van der Waals surface area (Å²) >= 11 is 0. The molecule has 0 fully saturated rings. The maximum atomic E-state index is 13.2. The fourth-order valence-corrected chi connectivity index (χ4v) is 8.54. The molecular formula is C60H109NO5. The molecule has 0 saturated heterocycles. The number of ether oxygens (including phenoxy) is 1. The summed E-state index contributed by atoms with van der Waals surface area (Å²) in [4.78, 5) is 26.2. The van der Waals surface area contributed by atoms with Gasteiger partial charge in [-0.1, -0.05) is 248 Å². The van der Waals surface area contributed by atoms with E-state index in [1.54, 1.807) is 0 Å². The molecule has 0 radical (unpaired) electrons. The van der Waals surface area contributed by atoms with Crippen LogP contribution in [-0.4, -0.2) is 46.9 Å². The van der Waals surface area contributed by atoms with Crippen molar-refractivity contribution >= 4 is 11.9 Å². The molecule has 0 aliphatic heterocycles. The molecule has 0 aliphatic carbocycles. The molecule has 0 spiro atoms. The highest BCUT2D eigenvalue weighted by Crippen LogP contribution is 2.18. The summed E-state index contributed by atoms with van der Waals surface area (Å²) in [6.07, 6.45) is 67.2. The van der Waals surface area contributed by atoms with Gasteiger partial charge in [0, 0.05) is 6.42 Å². The van der Waals surface area contributed by atoms with Crippen LogP contribution < -0.4 is 5.32 Å². The third-order valence-electron chi connectivity index (χ3n) is 12.8. The average molecular weight is 925 g/mol. The number of unbranched alkanes of at least 4 members (excludes halogenated alkanes) is 29. The van der Waals surface area contributed by atoms with Gasteiger partial charge in [-0.3, -0.25) is 9.59 Å². The zero-order valence-corrected chi connectivity index (χ0v) is 43.8. The topological polar surface area (TPSA) is 95.9 Å². The summed E-state index contributed by atoms with van der Waals surface area (Å²) in [5.74, 6) is -0.524. The first kappa shape index (κ1) is 63.6. The molecule has 0 bridgehead atoms. The van der Waals surface area contributed by atoms with Crippen LogP contribution in [0.1, 0.15) is 284 Å². The zero-order chi connectivity index (χ0) is 48.1. The van der Waals surface area contributed by atoms with E-state index in [9.17, 15) is 19.8 Å². The second kappa shape index (κ2) is 53.5. The fourth-order valence-electron chi connectivity index (χ4n) is 8.54. The predicted molar refractivity (Wildman–Crippen MR) is 287 cm³/mol. The summed E-state index contributed by atoms with van der Waals surface area (Å²) in [6.45, 7) is 6.37. The minimum Gasteiger partial charge on any atom is -0.462 e. The zero-order valence-electron chi connectivity index (χ0n) is 43.8. The van der Waals surface area contributed by atoms with E-state index >= 15 is 0 Å². The molecule has 6 nitrogen and oxygen atoms in total. The quantitative estimate of drug-likeness (QED) is 0.0321. The van der Waals surface area contributed by atoms with Gasteiger partial charge in [0.05, 0.1) is 25.2 Å². The van der Waals surface area contributed by atoms with Gasteiger partial charge in [0.25, 0.3) is 0 Å². The Hall–Kier alpha value is -2.44. The number of hydrogen-bond acceptors (Lipinski definition) is 5. The van der Waals surface area contributed by atoms with Gasteiger partial charge in [-0.05, 0) is 83.5 Å². The number of rotatable bonds is 51. The Labute approximate surface area is 409 Å². The lowest BCUT2D eigenvalue weighted by Crippen LogP contribution is -2.46. The average Bonchev–Trinajstić information content (AvgIpc) is 3.31. The SMILES string of the molecule is CC/C=C/C/C=C/C/C=C/C/C=C/CCCC(CC(=O)NC(CO)C(O)CCCCCCCCCCCCCCCC)OC(=O)CCCCCCCCCCC/C=C/CCCCCCCC. The molecule has 0 aromatic heterocycles. The first-order chi connectivity index (χ1) is 32.5. The van der Waals surface area contributed by atoms with Gasteiger partial charge in [-0.25, -0.2) is 0 Å². The van der Waals surface area contributed by atoms with Crippen LogP contribution in [0.15, 0.2) is 60.8 Å². The second-order valence-electron chi connectivity index (χ2n) is 19.3. The number of amides is 1. The largest absolute Gasteiger partial charge is 0.462 e. The van der Waals surface area contributed by atoms with E-state index in [0.717, 1.165) is 77.0 Å². The van der Waals surface area contributed by atoms with Gasteiger partial charge in [0.1, 0.15) is 6.10 Å². The van der Waals surface area contributed by atoms with E-state index in [1.807, 2.05) is 0 Å². The molecule has 0 aliphatic rings. The summed E-state index contributed by atoms with van der Waals surface area (Å²) in [5.41, 5.74) is 0. The number of esters is 1. The Balaban J connectivity index is 4.58. The molecule has 0 saturated carbocycles. The van der Waals surface area contributed by atoms with Crippen LogP contribution in [0.25, 0.3) is 0 Å². The third kappa shape index (κ3) is 48.0. The maximum Gasteiger partial charge on any atom is 0.306 e. The molecule has 0 heterocycles. The molecule has 384 valence electrons.